The second-order valence-electron chi connectivity index (χ2n) is 5.37. The number of hydrogen-bond donors (Lipinski definition) is 0. The van der Waals surface area contributed by atoms with Gasteiger partial charge in [0.1, 0.15) is 0 Å². The third-order valence-corrected chi connectivity index (χ3v) is 4.66. The third kappa shape index (κ3) is 4.95. The first-order valence-electron chi connectivity index (χ1n) is 7.53. The van der Waals surface area contributed by atoms with Gasteiger partial charge >= 0.3 is 0 Å². The highest BCUT2D eigenvalue weighted by atomic mass is 32.2. The lowest BCUT2D eigenvalue weighted by Crippen LogP contribution is -2.42. The molecule has 22 heavy (non-hydrogen) atoms. The van der Waals surface area contributed by atoms with Crippen LogP contribution in [-0.2, 0) is 9.53 Å². The summed E-state index contributed by atoms with van der Waals surface area (Å²) in [5, 5.41) is 0. The van der Waals surface area contributed by atoms with E-state index in [1.165, 1.54) is 17.8 Å². The molecule has 1 amide bonds. The molecule has 2 rings (SSSR count). The summed E-state index contributed by atoms with van der Waals surface area (Å²) in [6, 6.07) is 3.70. The van der Waals surface area contributed by atoms with Crippen LogP contribution in [0.1, 0.15) is 19.8 Å². The molecular weight excluding hydrogens is 308 g/mol. The number of benzene rings is 1. The summed E-state index contributed by atoms with van der Waals surface area (Å²) in [4.78, 5) is 14.7. The van der Waals surface area contributed by atoms with Crippen molar-refractivity contribution in [2.45, 2.75) is 24.7 Å². The largest absolute Gasteiger partial charge is 0.381 e. The first kappa shape index (κ1) is 17.2. The molecule has 122 valence electrons. The smallest absolute Gasteiger partial charge is 0.232 e. The van der Waals surface area contributed by atoms with E-state index in [-0.39, 0.29) is 11.7 Å². The van der Waals surface area contributed by atoms with E-state index in [9.17, 15) is 13.6 Å². The predicted octanol–water partition coefficient (Wildman–Crippen LogP) is 3.33. The van der Waals surface area contributed by atoms with Gasteiger partial charge in [0.15, 0.2) is 11.6 Å². The molecule has 1 fully saturated rings. The van der Waals surface area contributed by atoms with E-state index in [1.54, 1.807) is 0 Å². The summed E-state index contributed by atoms with van der Waals surface area (Å²) in [6.45, 7) is 4.83. The Hall–Kier alpha value is -1.14. The van der Waals surface area contributed by atoms with Gasteiger partial charge in [-0.05, 0) is 43.9 Å². The highest BCUT2D eigenvalue weighted by Gasteiger charge is 2.23. The first-order chi connectivity index (χ1) is 10.6. The van der Waals surface area contributed by atoms with E-state index in [1.807, 2.05) is 11.8 Å². The van der Waals surface area contributed by atoms with Crippen molar-refractivity contribution in [1.82, 2.24) is 4.90 Å². The van der Waals surface area contributed by atoms with Crippen LogP contribution in [0.3, 0.4) is 0 Å². The standard InChI is InChI=1S/C16H21F2NO2S/c1-2-21-10-12-4-3-7-19(9-12)16(20)11-22-13-5-6-14(17)15(18)8-13/h5-6,8,12H,2-4,7,9-11H2,1H3. The molecular formula is C16H21F2NO2S. The molecule has 0 N–H and O–H groups in total. The quantitative estimate of drug-likeness (QED) is 0.750. The summed E-state index contributed by atoms with van der Waals surface area (Å²) in [5.41, 5.74) is 0. The first-order valence-corrected chi connectivity index (χ1v) is 8.52. The van der Waals surface area contributed by atoms with Gasteiger partial charge in [-0.25, -0.2) is 8.78 Å². The summed E-state index contributed by atoms with van der Waals surface area (Å²) in [7, 11) is 0. The van der Waals surface area contributed by atoms with Gasteiger partial charge in [-0.1, -0.05) is 0 Å². The van der Waals surface area contributed by atoms with Crippen LogP contribution in [0, 0.1) is 17.6 Å². The Labute approximate surface area is 134 Å². The van der Waals surface area contributed by atoms with Crippen molar-refractivity contribution < 1.29 is 18.3 Å². The number of likely N-dealkylation sites (tertiary alicyclic amines) is 1. The Morgan fingerprint density at radius 3 is 2.95 bits per heavy atom. The molecule has 6 heteroatoms. The Bertz CT molecular complexity index is 513. The lowest BCUT2D eigenvalue weighted by molar-refractivity contribution is -0.130. The van der Waals surface area contributed by atoms with Crippen molar-refractivity contribution in [3.8, 4) is 0 Å². The molecule has 1 atom stereocenters. The van der Waals surface area contributed by atoms with E-state index < -0.39 is 11.6 Å². The van der Waals surface area contributed by atoms with Crippen LogP contribution >= 0.6 is 11.8 Å². The highest BCUT2D eigenvalue weighted by molar-refractivity contribution is 8.00. The molecule has 1 unspecified atom stereocenters. The van der Waals surface area contributed by atoms with Gasteiger partial charge in [0.25, 0.3) is 0 Å². The van der Waals surface area contributed by atoms with Crippen molar-refractivity contribution in [1.29, 1.82) is 0 Å². The number of nitrogens with zero attached hydrogens (tertiary/aromatic N) is 1. The molecule has 1 saturated heterocycles. The number of rotatable bonds is 6. The van der Waals surface area contributed by atoms with E-state index in [0.29, 0.717) is 24.0 Å². The number of ether oxygens (including phenoxy) is 1. The molecule has 1 aliphatic rings. The molecule has 1 aromatic rings. The van der Waals surface area contributed by atoms with E-state index in [4.69, 9.17) is 4.74 Å². The number of carbonyl (C=O) groups excluding carboxylic acids is 1. The second-order valence-corrected chi connectivity index (χ2v) is 6.42. The summed E-state index contributed by atoms with van der Waals surface area (Å²) in [5.74, 6) is -1.08. The Morgan fingerprint density at radius 2 is 2.23 bits per heavy atom. The predicted molar refractivity (Wildman–Crippen MR) is 82.9 cm³/mol. The maximum Gasteiger partial charge on any atom is 0.232 e. The van der Waals surface area contributed by atoms with Gasteiger partial charge in [0, 0.05) is 24.6 Å². The van der Waals surface area contributed by atoms with E-state index in [0.717, 1.165) is 38.1 Å². The fraction of sp³-hybridized carbons (Fsp3) is 0.562. The minimum absolute atomic E-state index is 0.0379. The normalized spacial score (nSPS) is 18.5. The molecule has 0 saturated carbocycles. The molecule has 1 aromatic carbocycles. The van der Waals surface area contributed by atoms with Crippen LogP contribution in [0.25, 0.3) is 0 Å². The molecule has 1 heterocycles. The van der Waals surface area contributed by atoms with Gasteiger partial charge in [0.2, 0.25) is 5.91 Å². The van der Waals surface area contributed by atoms with Crippen LogP contribution in [0.15, 0.2) is 23.1 Å². The van der Waals surface area contributed by atoms with Crippen molar-refractivity contribution >= 4 is 17.7 Å². The maximum atomic E-state index is 13.1. The zero-order valence-corrected chi connectivity index (χ0v) is 13.5. The molecule has 1 aliphatic heterocycles. The molecule has 0 aromatic heterocycles. The number of halogens is 2. The lowest BCUT2D eigenvalue weighted by Gasteiger charge is -2.32. The van der Waals surface area contributed by atoms with E-state index >= 15 is 0 Å². The summed E-state index contributed by atoms with van der Waals surface area (Å²) >= 11 is 1.24. The zero-order chi connectivity index (χ0) is 15.9. The number of piperidine rings is 1. The van der Waals surface area contributed by atoms with Gasteiger partial charge in [-0.15, -0.1) is 11.8 Å². The summed E-state index contributed by atoms with van der Waals surface area (Å²) in [6.07, 6.45) is 2.07. The minimum atomic E-state index is -0.882. The van der Waals surface area contributed by atoms with Crippen molar-refractivity contribution in [3.05, 3.63) is 29.8 Å². The summed E-state index contributed by atoms with van der Waals surface area (Å²) < 4.78 is 31.4. The molecule has 3 nitrogen and oxygen atoms in total. The average molecular weight is 329 g/mol. The topological polar surface area (TPSA) is 29.5 Å². The van der Waals surface area contributed by atoms with Gasteiger partial charge < -0.3 is 9.64 Å². The van der Waals surface area contributed by atoms with Gasteiger partial charge in [0.05, 0.1) is 12.4 Å². The average Bonchev–Trinajstić information content (AvgIpc) is 2.54. The van der Waals surface area contributed by atoms with Crippen molar-refractivity contribution in [2.75, 3.05) is 32.1 Å². The van der Waals surface area contributed by atoms with Crippen molar-refractivity contribution in [3.63, 3.8) is 0 Å². The molecule has 0 aliphatic carbocycles. The van der Waals surface area contributed by atoms with Crippen LogP contribution in [0.5, 0.6) is 0 Å². The Balaban J connectivity index is 1.82. The van der Waals surface area contributed by atoms with Crippen LogP contribution in [0.2, 0.25) is 0 Å². The third-order valence-electron chi connectivity index (χ3n) is 3.68. The molecule has 0 spiro atoms. The second kappa shape index (κ2) is 8.48. The van der Waals surface area contributed by atoms with E-state index in [2.05, 4.69) is 0 Å². The number of amides is 1. The Kier molecular flexibility index (Phi) is 6.64. The number of thioether (sulfide) groups is 1. The molecule has 0 radical (unpaired) electrons. The fourth-order valence-electron chi connectivity index (χ4n) is 2.52. The Morgan fingerprint density at radius 1 is 1.41 bits per heavy atom. The fourth-order valence-corrected chi connectivity index (χ4v) is 3.34. The number of hydrogen-bond acceptors (Lipinski definition) is 3. The lowest BCUT2D eigenvalue weighted by atomic mass is 9.99. The molecule has 0 bridgehead atoms. The zero-order valence-electron chi connectivity index (χ0n) is 12.7. The van der Waals surface area contributed by atoms with Crippen LogP contribution in [0.4, 0.5) is 8.78 Å². The van der Waals surface area contributed by atoms with Crippen LogP contribution < -0.4 is 0 Å². The SMILES string of the molecule is CCOCC1CCCN(C(=O)CSc2ccc(F)c(F)c2)C1. The minimum Gasteiger partial charge on any atom is -0.381 e. The van der Waals surface area contributed by atoms with Crippen molar-refractivity contribution in [2.24, 2.45) is 5.92 Å². The monoisotopic (exact) mass is 329 g/mol. The van der Waals surface area contributed by atoms with Crippen LogP contribution in [-0.4, -0.2) is 42.9 Å². The highest BCUT2D eigenvalue weighted by Crippen LogP contribution is 2.22. The number of carbonyl (C=O) groups is 1. The van der Waals surface area contributed by atoms with Gasteiger partial charge in [-0.3, -0.25) is 4.79 Å². The van der Waals surface area contributed by atoms with Gasteiger partial charge in [-0.2, -0.15) is 0 Å². The maximum absolute atomic E-state index is 13.1.